The van der Waals surface area contributed by atoms with E-state index in [4.69, 9.17) is 11.6 Å². The first-order valence-corrected chi connectivity index (χ1v) is 7.84. The lowest BCUT2D eigenvalue weighted by Gasteiger charge is -2.18. The van der Waals surface area contributed by atoms with Gasteiger partial charge in [0.25, 0.3) is 5.69 Å². The predicted molar refractivity (Wildman–Crippen MR) is 91.4 cm³/mol. The number of nitrogens with zero attached hydrogens (tertiary/aromatic N) is 2. The minimum atomic E-state index is -2.91. The number of nitro benzene ring substituents is 1. The molecule has 1 amide bonds. The summed E-state index contributed by atoms with van der Waals surface area (Å²) in [4.78, 5) is 24.0. The Hall–Kier alpha value is -2.74. The summed E-state index contributed by atoms with van der Waals surface area (Å²) in [7, 11) is 1.55. The highest BCUT2D eigenvalue weighted by molar-refractivity contribution is 6.31. The van der Waals surface area contributed by atoms with Crippen LogP contribution in [0.25, 0.3) is 0 Å². The van der Waals surface area contributed by atoms with E-state index in [0.29, 0.717) is 16.1 Å². The van der Waals surface area contributed by atoms with Gasteiger partial charge in [0.15, 0.2) is 0 Å². The zero-order valence-electron chi connectivity index (χ0n) is 13.7. The quantitative estimate of drug-likeness (QED) is 0.533. The van der Waals surface area contributed by atoms with E-state index >= 15 is 0 Å². The van der Waals surface area contributed by atoms with Gasteiger partial charge in [0, 0.05) is 30.7 Å². The van der Waals surface area contributed by atoms with Crippen LogP contribution in [0.5, 0.6) is 5.75 Å². The molecule has 138 valence electrons. The second kappa shape index (κ2) is 8.57. The fourth-order valence-corrected chi connectivity index (χ4v) is 2.42. The summed E-state index contributed by atoms with van der Waals surface area (Å²) < 4.78 is 28.5. The van der Waals surface area contributed by atoms with Crippen molar-refractivity contribution in [2.45, 2.75) is 19.6 Å². The molecule has 0 aliphatic rings. The molecule has 26 heavy (non-hydrogen) atoms. The largest absolute Gasteiger partial charge is 0.435 e. The first-order chi connectivity index (χ1) is 12.3. The molecular weight excluding hydrogens is 370 g/mol. The first kappa shape index (κ1) is 19.6. The number of alkyl halides is 2. The minimum Gasteiger partial charge on any atom is -0.435 e. The Balaban J connectivity index is 2.01. The molecule has 9 heteroatoms. The molecule has 0 saturated carbocycles. The number of carbonyl (C=O) groups excluding carboxylic acids is 1. The average molecular weight is 385 g/mol. The lowest BCUT2D eigenvalue weighted by atomic mass is 10.1. The van der Waals surface area contributed by atoms with Crippen LogP contribution in [0.3, 0.4) is 0 Å². The van der Waals surface area contributed by atoms with Crippen LogP contribution >= 0.6 is 11.6 Å². The lowest BCUT2D eigenvalue weighted by Crippen LogP contribution is -2.27. The highest BCUT2D eigenvalue weighted by Crippen LogP contribution is 2.23. The van der Waals surface area contributed by atoms with Gasteiger partial charge in [-0.2, -0.15) is 8.78 Å². The normalized spacial score (nSPS) is 10.7. The maximum atomic E-state index is 12.3. The van der Waals surface area contributed by atoms with Gasteiger partial charge < -0.3 is 9.64 Å². The Morgan fingerprint density at radius 2 is 1.92 bits per heavy atom. The molecule has 0 unspecified atom stereocenters. The number of hydrogen-bond donors (Lipinski definition) is 0. The number of non-ortho nitro benzene ring substituents is 1. The SMILES string of the molecule is CN(Cc1cc([N+](=O)[O-])ccc1Cl)C(=O)Cc1ccc(OC(F)F)cc1. The predicted octanol–water partition coefficient (Wildman–Crippen LogP) is 4.05. The zero-order valence-corrected chi connectivity index (χ0v) is 14.5. The van der Waals surface area contributed by atoms with Gasteiger partial charge >= 0.3 is 6.61 Å². The molecule has 0 fully saturated rings. The Morgan fingerprint density at radius 1 is 1.27 bits per heavy atom. The van der Waals surface area contributed by atoms with Crippen molar-refractivity contribution in [3.63, 3.8) is 0 Å². The number of likely N-dealkylation sites (N-methyl/N-ethyl adjacent to an activating group) is 1. The van der Waals surface area contributed by atoms with Gasteiger partial charge in [-0.3, -0.25) is 14.9 Å². The van der Waals surface area contributed by atoms with E-state index in [1.165, 1.54) is 47.4 Å². The lowest BCUT2D eigenvalue weighted by molar-refractivity contribution is -0.384. The number of ether oxygens (including phenoxy) is 1. The molecule has 0 aliphatic carbocycles. The average Bonchev–Trinajstić information content (AvgIpc) is 2.57. The number of amides is 1. The van der Waals surface area contributed by atoms with Gasteiger partial charge in [-0.1, -0.05) is 23.7 Å². The van der Waals surface area contributed by atoms with Crippen molar-refractivity contribution >= 4 is 23.2 Å². The van der Waals surface area contributed by atoms with Gasteiger partial charge in [-0.15, -0.1) is 0 Å². The third-order valence-electron chi connectivity index (χ3n) is 3.58. The number of hydrogen-bond acceptors (Lipinski definition) is 4. The standard InChI is InChI=1S/C17H15ClF2N2O4/c1-21(10-12-9-13(22(24)25)4-7-15(12)18)16(23)8-11-2-5-14(6-3-11)26-17(19)20/h2-7,9,17H,8,10H2,1H3. The van der Waals surface area contributed by atoms with Gasteiger partial charge in [0.1, 0.15) is 5.75 Å². The van der Waals surface area contributed by atoms with Crippen LogP contribution in [0.1, 0.15) is 11.1 Å². The molecule has 2 aromatic rings. The van der Waals surface area contributed by atoms with Crippen molar-refractivity contribution in [3.05, 3.63) is 68.7 Å². The van der Waals surface area contributed by atoms with Gasteiger partial charge in [0.2, 0.25) is 5.91 Å². The van der Waals surface area contributed by atoms with Crippen LogP contribution in [-0.4, -0.2) is 29.4 Å². The van der Waals surface area contributed by atoms with E-state index < -0.39 is 11.5 Å². The molecule has 0 N–H and O–H groups in total. The fourth-order valence-electron chi connectivity index (χ4n) is 2.24. The summed E-state index contributed by atoms with van der Waals surface area (Å²) in [5.41, 5.74) is 0.964. The maximum Gasteiger partial charge on any atom is 0.387 e. The van der Waals surface area contributed by atoms with Crippen LogP contribution in [0.15, 0.2) is 42.5 Å². The topological polar surface area (TPSA) is 72.7 Å². The van der Waals surface area contributed by atoms with Crippen molar-refractivity contribution in [2.24, 2.45) is 0 Å². The highest BCUT2D eigenvalue weighted by Gasteiger charge is 2.15. The summed E-state index contributed by atoms with van der Waals surface area (Å²) in [6, 6.07) is 9.76. The van der Waals surface area contributed by atoms with Crippen LogP contribution in [-0.2, 0) is 17.8 Å². The van der Waals surface area contributed by atoms with Crippen LogP contribution in [0, 0.1) is 10.1 Å². The van der Waals surface area contributed by atoms with Crippen molar-refractivity contribution in [3.8, 4) is 5.75 Å². The molecule has 0 aromatic heterocycles. The summed E-state index contributed by atoms with van der Waals surface area (Å²) in [5, 5.41) is 11.2. The summed E-state index contributed by atoms with van der Waals surface area (Å²) in [6.45, 7) is -2.81. The summed E-state index contributed by atoms with van der Waals surface area (Å²) in [6.07, 6.45) is 0.0397. The fraction of sp³-hybridized carbons (Fsp3) is 0.235. The molecule has 2 rings (SSSR count). The van der Waals surface area contributed by atoms with Crippen molar-refractivity contribution < 1.29 is 23.2 Å². The van der Waals surface area contributed by atoms with E-state index in [1.807, 2.05) is 0 Å². The van der Waals surface area contributed by atoms with Crippen LogP contribution < -0.4 is 4.74 Å². The monoisotopic (exact) mass is 384 g/mol. The molecule has 0 heterocycles. The smallest absolute Gasteiger partial charge is 0.387 e. The van der Waals surface area contributed by atoms with Gasteiger partial charge in [-0.05, 0) is 29.3 Å². The number of benzene rings is 2. The zero-order chi connectivity index (χ0) is 19.3. The molecule has 0 saturated heterocycles. The maximum absolute atomic E-state index is 12.3. The third kappa shape index (κ3) is 5.38. The molecule has 6 nitrogen and oxygen atoms in total. The summed E-state index contributed by atoms with van der Waals surface area (Å²) >= 11 is 6.03. The molecule has 2 aromatic carbocycles. The van der Waals surface area contributed by atoms with E-state index in [0.717, 1.165) is 0 Å². The molecule has 0 radical (unpaired) electrons. The second-order valence-electron chi connectivity index (χ2n) is 5.48. The minimum absolute atomic E-state index is 0.00734. The number of halogens is 3. The Labute approximate surface area is 153 Å². The Bertz CT molecular complexity index is 800. The van der Waals surface area contributed by atoms with E-state index in [2.05, 4.69) is 4.74 Å². The van der Waals surface area contributed by atoms with Crippen LogP contribution in [0.2, 0.25) is 5.02 Å². The van der Waals surface area contributed by atoms with Crippen LogP contribution in [0.4, 0.5) is 14.5 Å². The highest BCUT2D eigenvalue weighted by atomic mass is 35.5. The van der Waals surface area contributed by atoms with Crippen molar-refractivity contribution in [2.75, 3.05) is 7.05 Å². The first-order valence-electron chi connectivity index (χ1n) is 7.47. The van der Waals surface area contributed by atoms with Crippen molar-refractivity contribution in [1.29, 1.82) is 0 Å². The number of rotatable bonds is 7. The number of nitro groups is 1. The molecule has 0 spiro atoms. The van der Waals surface area contributed by atoms with E-state index in [1.54, 1.807) is 7.05 Å². The van der Waals surface area contributed by atoms with Gasteiger partial charge in [0.05, 0.1) is 11.3 Å². The second-order valence-corrected chi connectivity index (χ2v) is 5.89. The Kier molecular flexibility index (Phi) is 6.46. The summed E-state index contributed by atoms with van der Waals surface area (Å²) in [5.74, 6) is -0.247. The van der Waals surface area contributed by atoms with Gasteiger partial charge in [-0.25, -0.2) is 0 Å². The third-order valence-corrected chi connectivity index (χ3v) is 3.95. The molecular formula is C17H15ClF2N2O4. The molecule has 0 atom stereocenters. The molecule has 0 bridgehead atoms. The van der Waals surface area contributed by atoms with E-state index in [-0.39, 0.29) is 30.3 Å². The molecule has 0 aliphatic heterocycles. The Morgan fingerprint density at radius 3 is 2.50 bits per heavy atom. The number of carbonyl (C=O) groups is 1. The van der Waals surface area contributed by atoms with E-state index in [9.17, 15) is 23.7 Å². The van der Waals surface area contributed by atoms with Crippen molar-refractivity contribution in [1.82, 2.24) is 4.90 Å².